The van der Waals surface area contributed by atoms with Crippen LogP contribution in [0, 0.1) is 6.92 Å². The van der Waals surface area contributed by atoms with E-state index in [2.05, 4.69) is 4.98 Å². The number of carboxylic acid groups (broad SMARTS) is 1. The van der Waals surface area contributed by atoms with Gasteiger partial charge in [0, 0.05) is 16.5 Å². The van der Waals surface area contributed by atoms with Gasteiger partial charge in [-0.3, -0.25) is 4.79 Å². The van der Waals surface area contributed by atoms with Gasteiger partial charge in [0.25, 0.3) is 0 Å². The van der Waals surface area contributed by atoms with Gasteiger partial charge in [0.05, 0.1) is 10.9 Å². The Bertz CT molecular complexity index is 567. The first-order valence-electron chi connectivity index (χ1n) is 3.93. The van der Waals surface area contributed by atoms with Crippen LogP contribution in [-0.4, -0.2) is 16.1 Å². The average Bonchev–Trinajstić information content (AvgIpc) is 2.50. The lowest BCUT2D eigenvalue weighted by atomic mass is 10.1. The minimum atomic E-state index is -1.18. The van der Waals surface area contributed by atoms with Crippen LogP contribution in [0.15, 0.2) is 15.6 Å². The minimum absolute atomic E-state index is 0.170. The molecule has 0 saturated heterocycles. The quantitative estimate of drug-likeness (QED) is 0.749. The molecule has 0 amide bonds. The zero-order valence-corrected chi connectivity index (χ0v) is 8.14. The van der Waals surface area contributed by atoms with E-state index >= 15 is 0 Å². The van der Waals surface area contributed by atoms with Crippen molar-refractivity contribution in [1.82, 2.24) is 4.98 Å². The molecule has 2 aromatic heterocycles. The van der Waals surface area contributed by atoms with Crippen LogP contribution in [0.3, 0.4) is 0 Å². The maximum atomic E-state index is 11.7. The number of rotatable bonds is 1. The third-order valence-corrected chi connectivity index (χ3v) is 2.79. The fourth-order valence-electron chi connectivity index (χ4n) is 1.40. The molecular weight excluding hydrogens is 202 g/mol. The number of carbonyl (C=O) groups is 1. The molecule has 0 radical (unpaired) electrons. The molecule has 72 valence electrons. The normalized spacial score (nSPS) is 10.6. The molecule has 0 atom stereocenters. The van der Waals surface area contributed by atoms with Crippen LogP contribution in [0.25, 0.3) is 10.9 Å². The largest absolute Gasteiger partial charge is 0.477 e. The molecule has 0 spiro atoms. The highest BCUT2D eigenvalue weighted by molar-refractivity contribution is 7.09. The molecule has 2 heterocycles. The summed E-state index contributed by atoms with van der Waals surface area (Å²) in [6, 6.07) is 0. The molecule has 14 heavy (non-hydrogen) atoms. The minimum Gasteiger partial charge on any atom is -0.477 e. The maximum absolute atomic E-state index is 11.7. The lowest BCUT2D eigenvalue weighted by molar-refractivity contribution is 0.0694. The van der Waals surface area contributed by atoms with E-state index in [0.29, 0.717) is 16.6 Å². The van der Waals surface area contributed by atoms with Crippen LogP contribution >= 0.6 is 11.3 Å². The van der Waals surface area contributed by atoms with Gasteiger partial charge in [-0.1, -0.05) is 0 Å². The van der Waals surface area contributed by atoms with Crippen molar-refractivity contribution in [1.29, 1.82) is 0 Å². The number of aryl methyl sites for hydroxylation is 1. The topological polar surface area (TPSA) is 70.2 Å². The second kappa shape index (κ2) is 2.95. The molecule has 0 aromatic carbocycles. The van der Waals surface area contributed by atoms with Crippen LogP contribution in [0.1, 0.15) is 16.1 Å². The van der Waals surface area contributed by atoms with E-state index in [-0.39, 0.29) is 5.56 Å². The Hall–Kier alpha value is -1.62. The second-order valence-electron chi connectivity index (χ2n) is 2.96. The summed E-state index contributed by atoms with van der Waals surface area (Å²) in [6.07, 6.45) is 0. The molecule has 0 saturated carbocycles. The molecule has 5 heteroatoms. The lowest BCUT2D eigenvalue weighted by Gasteiger charge is -2.00. The fourth-order valence-corrected chi connectivity index (χ4v) is 2.16. The summed E-state index contributed by atoms with van der Waals surface area (Å²) in [5.41, 5.74) is 0.511. The number of fused-ring (bicyclic) bond motifs is 1. The summed E-state index contributed by atoms with van der Waals surface area (Å²) in [5, 5.41) is 12.7. The van der Waals surface area contributed by atoms with Crippen molar-refractivity contribution in [2.45, 2.75) is 6.92 Å². The number of aromatic nitrogens is 1. The van der Waals surface area contributed by atoms with Gasteiger partial charge in [-0.25, -0.2) is 4.79 Å². The molecule has 0 aliphatic rings. The number of carboxylic acids is 1. The van der Waals surface area contributed by atoms with Crippen molar-refractivity contribution >= 4 is 28.2 Å². The summed E-state index contributed by atoms with van der Waals surface area (Å²) in [7, 11) is 0. The monoisotopic (exact) mass is 209 g/mol. The highest BCUT2D eigenvalue weighted by Gasteiger charge is 2.15. The van der Waals surface area contributed by atoms with Gasteiger partial charge in [-0.05, 0) is 6.92 Å². The second-order valence-corrected chi connectivity index (χ2v) is 3.70. The Balaban J connectivity index is 2.97. The zero-order valence-electron chi connectivity index (χ0n) is 7.33. The predicted molar refractivity (Wildman–Crippen MR) is 54.1 cm³/mol. The van der Waals surface area contributed by atoms with Crippen molar-refractivity contribution in [2.24, 2.45) is 0 Å². The van der Waals surface area contributed by atoms with E-state index in [1.165, 1.54) is 11.3 Å². The van der Waals surface area contributed by atoms with E-state index in [0.717, 1.165) is 0 Å². The van der Waals surface area contributed by atoms with Gasteiger partial charge in [0.1, 0.15) is 5.56 Å². The predicted octanol–water partition coefficient (Wildman–Crippen LogP) is 1.60. The van der Waals surface area contributed by atoms with E-state index < -0.39 is 11.4 Å². The van der Waals surface area contributed by atoms with Crippen molar-refractivity contribution in [3.05, 3.63) is 32.2 Å². The first-order chi connectivity index (χ1) is 6.61. The smallest absolute Gasteiger partial charge is 0.341 e. The number of thiophene rings is 1. The van der Waals surface area contributed by atoms with E-state index in [9.17, 15) is 9.59 Å². The average molecular weight is 209 g/mol. The fraction of sp³-hybridized carbons (Fsp3) is 0.111. The van der Waals surface area contributed by atoms with Crippen LogP contribution in [0.2, 0.25) is 0 Å². The van der Waals surface area contributed by atoms with Gasteiger partial charge >= 0.3 is 5.97 Å². The molecule has 2 N–H and O–H groups in total. The van der Waals surface area contributed by atoms with Crippen LogP contribution in [0.4, 0.5) is 0 Å². The molecule has 0 aliphatic carbocycles. The Labute approximate surface area is 82.8 Å². The van der Waals surface area contributed by atoms with Gasteiger partial charge in [-0.2, -0.15) is 0 Å². The molecule has 0 bridgehead atoms. The first-order valence-corrected chi connectivity index (χ1v) is 4.87. The number of hydrogen-bond donors (Lipinski definition) is 2. The lowest BCUT2D eigenvalue weighted by Crippen LogP contribution is -2.17. The highest BCUT2D eigenvalue weighted by Crippen LogP contribution is 2.15. The van der Waals surface area contributed by atoms with Crippen molar-refractivity contribution in [3.63, 3.8) is 0 Å². The molecule has 2 rings (SSSR count). The first kappa shape index (κ1) is 8.96. The third kappa shape index (κ3) is 1.13. The van der Waals surface area contributed by atoms with Gasteiger partial charge < -0.3 is 10.1 Å². The molecule has 2 aromatic rings. The summed E-state index contributed by atoms with van der Waals surface area (Å²) in [4.78, 5) is 25.3. The molecule has 0 unspecified atom stereocenters. The Kier molecular flexibility index (Phi) is 1.89. The van der Waals surface area contributed by atoms with Crippen molar-refractivity contribution in [2.75, 3.05) is 0 Å². The standard InChI is InChI=1S/C9H7NO3S/c1-4-7(9(12)13)8(11)5-2-14-3-6(5)10-4/h2-3,10H,1H3,(H,12,13). The van der Waals surface area contributed by atoms with E-state index in [1.54, 1.807) is 17.7 Å². The van der Waals surface area contributed by atoms with Crippen molar-refractivity contribution < 1.29 is 9.90 Å². The Morgan fingerprint density at radius 2 is 2.21 bits per heavy atom. The van der Waals surface area contributed by atoms with Crippen LogP contribution < -0.4 is 5.43 Å². The number of nitrogens with one attached hydrogen (secondary N) is 1. The Morgan fingerprint density at radius 1 is 1.50 bits per heavy atom. The molecule has 0 fully saturated rings. The summed E-state index contributed by atoms with van der Waals surface area (Å²) in [5.74, 6) is -1.18. The van der Waals surface area contributed by atoms with Gasteiger partial charge in [-0.15, -0.1) is 11.3 Å². The zero-order chi connectivity index (χ0) is 10.3. The van der Waals surface area contributed by atoms with Gasteiger partial charge in [0.2, 0.25) is 5.43 Å². The van der Waals surface area contributed by atoms with Crippen LogP contribution in [-0.2, 0) is 0 Å². The number of hydrogen-bond acceptors (Lipinski definition) is 3. The van der Waals surface area contributed by atoms with Crippen LogP contribution in [0.5, 0.6) is 0 Å². The van der Waals surface area contributed by atoms with Gasteiger partial charge in [0.15, 0.2) is 0 Å². The number of H-pyrrole nitrogens is 1. The molecule has 0 aliphatic heterocycles. The Morgan fingerprint density at radius 3 is 2.86 bits per heavy atom. The number of aromatic amines is 1. The molecular formula is C9H7NO3S. The molecule has 4 nitrogen and oxygen atoms in total. The van der Waals surface area contributed by atoms with E-state index in [4.69, 9.17) is 5.11 Å². The SMILES string of the molecule is Cc1[nH]c2cscc2c(=O)c1C(=O)O. The number of pyridine rings is 1. The highest BCUT2D eigenvalue weighted by atomic mass is 32.1. The number of aromatic carboxylic acids is 1. The van der Waals surface area contributed by atoms with E-state index in [1.807, 2.05) is 0 Å². The summed E-state index contributed by atoms with van der Waals surface area (Å²) in [6.45, 7) is 1.59. The van der Waals surface area contributed by atoms with Crippen molar-refractivity contribution in [3.8, 4) is 0 Å². The summed E-state index contributed by atoms with van der Waals surface area (Å²) >= 11 is 1.37. The summed E-state index contributed by atoms with van der Waals surface area (Å²) < 4.78 is 0. The third-order valence-electron chi connectivity index (χ3n) is 2.04. The maximum Gasteiger partial charge on any atom is 0.341 e.